The van der Waals surface area contributed by atoms with E-state index in [1.54, 1.807) is 6.08 Å². The van der Waals surface area contributed by atoms with E-state index in [-0.39, 0.29) is 0 Å². The van der Waals surface area contributed by atoms with Crippen LogP contribution in [0.2, 0.25) is 0 Å². The SMILES string of the molecule is C=CC1(/C=C/CCC(=C)C)OCCCO1. The number of ether oxygens (including phenoxy) is 2. The summed E-state index contributed by atoms with van der Waals surface area (Å²) in [6.07, 6.45) is 8.66. The molecule has 2 nitrogen and oxygen atoms in total. The monoisotopic (exact) mass is 208 g/mol. The molecule has 0 aliphatic carbocycles. The minimum Gasteiger partial charge on any atom is -0.343 e. The van der Waals surface area contributed by atoms with E-state index in [4.69, 9.17) is 9.47 Å². The fourth-order valence-corrected chi connectivity index (χ4v) is 1.42. The molecule has 84 valence electrons. The van der Waals surface area contributed by atoms with Crippen molar-refractivity contribution in [2.75, 3.05) is 13.2 Å². The van der Waals surface area contributed by atoms with Crippen LogP contribution in [0.1, 0.15) is 26.2 Å². The molecule has 1 aliphatic rings. The van der Waals surface area contributed by atoms with Crippen LogP contribution in [0.15, 0.2) is 37.0 Å². The van der Waals surface area contributed by atoms with Gasteiger partial charge >= 0.3 is 0 Å². The maximum atomic E-state index is 5.57. The predicted octanol–water partition coefficient (Wildman–Crippen LogP) is 3.22. The van der Waals surface area contributed by atoms with Crippen molar-refractivity contribution in [3.8, 4) is 0 Å². The molecule has 0 saturated carbocycles. The fourth-order valence-electron chi connectivity index (χ4n) is 1.42. The smallest absolute Gasteiger partial charge is 0.207 e. The second-order valence-electron chi connectivity index (χ2n) is 3.87. The highest BCUT2D eigenvalue weighted by atomic mass is 16.7. The van der Waals surface area contributed by atoms with Crippen molar-refractivity contribution in [2.45, 2.75) is 32.0 Å². The van der Waals surface area contributed by atoms with Crippen LogP contribution < -0.4 is 0 Å². The highest BCUT2D eigenvalue weighted by Crippen LogP contribution is 2.22. The van der Waals surface area contributed by atoms with E-state index in [0.29, 0.717) is 0 Å². The number of allylic oxidation sites excluding steroid dienone is 2. The minimum absolute atomic E-state index is 0.687. The third-order valence-electron chi connectivity index (χ3n) is 2.32. The summed E-state index contributed by atoms with van der Waals surface area (Å²) in [5.41, 5.74) is 1.19. The Hall–Kier alpha value is -0.860. The van der Waals surface area contributed by atoms with Gasteiger partial charge in [0, 0.05) is 0 Å². The van der Waals surface area contributed by atoms with Gasteiger partial charge in [-0.2, -0.15) is 0 Å². The van der Waals surface area contributed by atoms with Crippen LogP contribution >= 0.6 is 0 Å². The Balaban J connectivity index is 2.44. The largest absolute Gasteiger partial charge is 0.343 e. The van der Waals surface area contributed by atoms with E-state index in [2.05, 4.69) is 19.2 Å². The van der Waals surface area contributed by atoms with Gasteiger partial charge in [-0.3, -0.25) is 0 Å². The molecule has 0 N–H and O–H groups in total. The summed E-state index contributed by atoms with van der Waals surface area (Å²) in [6, 6.07) is 0. The highest BCUT2D eigenvalue weighted by molar-refractivity contribution is 5.08. The topological polar surface area (TPSA) is 18.5 Å². The van der Waals surface area contributed by atoms with E-state index in [9.17, 15) is 0 Å². The molecule has 2 heteroatoms. The molecule has 0 atom stereocenters. The Bertz CT molecular complexity index is 247. The Morgan fingerprint density at radius 2 is 2.07 bits per heavy atom. The van der Waals surface area contributed by atoms with Crippen molar-refractivity contribution in [3.05, 3.63) is 37.0 Å². The summed E-state index contributed by atoms with van der Waals surface area (Å²) < 4.78 is 11.1. The van der Waals surface area contributed by atoms with Crippen molar-refractivity contribution in [2.24, 2.45) is 0 Å². The molecular weight excluding hydrogens is 188 g/mol. The van der Waals surface area contributed by atoms with E-state index < -0.39 is 5.79 Å². The van der Waals surface area contributed by atoms with Gasteiger partial charge in [0.15, 0.2) is 0 Å². The third-order valence-corrected chi connectivity index (χ3v) is 2.32. The number of rotatable bonds is 5. The first kappa shape index (κ1) is 12.2. The van der Waals surface area contributed by atoms with Crippen molar-refractivity contribution < 1.29 is 9.47 Å². The van der Waals surface area contributed by atoms with Crippen molar-refractivity contribution in [1.82, 2.24) is 0 Å². The van der Waals surface area contributed by atoms with Crippen LogP contribution in [0.25, 0.3) is 0 Å². The van der Waals surface area contributed by atoms with Gasteiger partial charge in [-0.15, -0.1) is 6.58 Å². The zero-order chi connectivity index (χ0) is 11.1. The predicted molar refractivity (Wildman–Crippen MR) is 62.6 cm³/mol. The summed E-state index contributed by atoms with van der Waals surface area (Å²) in [6.45, 7) is 11.1. The van der Waals surface area contributed by atoms with Crippen LogP contribution in [-0.2, 0) is 9.47 Å². The van der Waals surface area contributed by atoms with Gasteiger partial charge in [0.25, 0.3) is 0 Å². The number of hydrogen-bond donors (Lipinski definition) is 0. The first-order chi connectivity index (χ1) is 7.18. The van der Waals surface area contributed by atoms with Crippen LogP contribution in [-0.4, -0.2) is 19.0 Å². The molecule has 1 aliphatic heterocycles. The molecular formula is C13H20O2. The quantitative estimate of drug-likeness (QED) is 0.646. The van der Waals surface area contributed by atoms with Crippen LogP contribution in [0.4, 0.5) is 0 Å². The molecule has 1 rings (SSSR count). The van der Waals surface area contributed by atoms with Gasteiger partial charge in [0.1, 0.15) is 0 Å². The molecule has 0 bridgehead atoms. The lowest BCUT2D eigenvalue weighted by molar-refractivity contribution is -0.205. The van der Waals surface area contributed by atoms with Crippen LogP contribution in [0.3, 0.4) is 0 Å². The minimum atomic E-state index is -0.687. The average molecular weight is 208 g/mol. The van der Waals surface area contributed by atoms with Gasteiger partial charge in [-0.05, 0) is 38.3 Å². The molecule has 0 amide bonds. The van der Waals surface area contributed by atoms with E-state index in [0.717, 1.165) is 32.5 Å². The van der Waals surface area contributed by atoms with Gasteiger partial charge in [-0.1, -0.05) is 18.2 Å². The first-order valence-electron chi connectivity index (χ1n) is 5.42. The lowest BCUT2D eigenvalue weighted by Crippen LogP contribution is -2.36. The summed E-state index contributed by atoms with van der Waals surface area (Å²) >= 11 is 0. The van der Waals surface area contributed by atoms with Crippen molar-refractivity contribution in [3.63, 3.8) is 0 Å². The molecule has 0 aromatic carbocycles. The molecule has 0 unspecified atom stereocenters. The third kappa shape index (κ3) is 4.02. The maximum absolute atomic E-state index is 5.57. The molecule has 1 saturated heterocycles. The first-order valence-corrected chi connectivity index (χ1v) is 5.42. The van der Waals surface area contributed by atoms with Gasteiger partial charge in [0.2, 0.25) is 5.79 Å². The van der Waals surface area contributed by atoms with Gasteiger partial charge in [0.05, 0.1) is 13.2 Å². The summed E-state index contributed by atoms with van der Waals surface area (Å²) in [4.78, 5) is 0. The summed E-state index contributed by atoms with van der Waals surface area (Å²) in [5, 5.41) is 0. The van der Waals surface area contributed by atoms with Gasteiger partial charge < -0.3 is 9.47 Å². The Labute approximate surface area is 92.3 Å². The molecule has 0 spiro atoms. The van der Waals surface area contributed by atoms with E-state index >= 15 is 0 Å². The molecule has 1 fully saturated rings. The van der Waals surface area contributed by atoms with Crippen molar-refractivity contribution in [1.29, 1.82) is 0 Å². The fraction of sp³-hybridized carbons (Fsp3) is 0.538. The normalized spacial score (nSPS) is 20.3. The Morgan fingerprint density at radius 3 is 2.60 bits per heavy atom. The summed E-state index contributed by atoms with van der Waals surface area (Å²) in [5.74, 6) is -0.687. The lowest BCUT2D eigenvalue weighted by atomic mass is 10.1. The van der Waals surface area contributed by atoms with Crippen LogP contribution in [0.5, 0.6) is 0 Å². The molecule has 0 aromatic heterocycles. The zero-order valence-electron chi connectivity index (χ0n) is 9.50. The molecule has 0 aromatic rings. The molecule has 0 radical (unpaired) electrons. The second-order valence-corrected chi connectivity index (χ2v) is 3.87. The average Bonchev–Trinajstić information content (AvgIpc) is 2.26. The standard InChI is InChI=1S/C13H20O2/c1-4-13(14-10-7-11-15-13)9-6-5-8-12(2)3/h4,6,9H,1-2,5,7-8,10-11H2,3H3/b9-6+. The second kappa shape index (κ2) is 5.89. The van der Waals surface area contributed by atoms with E-state index in [1.165, 1.54) is 5.57 Å². The lowest BCUT2D eigenvalue weighted by Gasteiger charge is -2.31. The summed E-state index contributed by atoms with van der Waals surface area (Å²) in [7, 11) is 0. The maximum Gasteiger partial charge on any atom is 0.207 e. The molecule has 1 heterocycles. The Morgan fingerprint density at radius 1 is 1.40 bits per heavy atom. The van der Waals surface area contributed by atoms with Crippen LogP contribution in [0, 0.1) is 0 Å². The Kier molecular flexibility index (Phi) is 4.79. The molecule has 15 heavy (non-hydrogen) atoms. The van der Waals surface area contributed by atoms with Crippen molar-refractivity contribution >= 4 is 0 Å². The highest BCUT2D eigenvalue weighted by Gasteiger charge is 2.27. The van der Waals surface area contributed by atoms with Gasteiger partial charge in [-0.25, -0.2) is 0 Å². The zero-order valence-corrected chi connectivity index (χ0v) is 9.50. The number of hydrogen-bond acceptors (Lipinski definition) is 2. The van der Waals surface area contributed by atoms with E-state index in [1.807, 2.05) is 13.0 Å².